The van der Waals surface area contributed by atoms with Gasteiger partial charge in [-0.15, -0.1) is 0 Å². The highest BCUT2D eigenvalue weighted by Crippen LogP contribution is 2.37. The summed E-state index contributed by atoms with van der Waals surface area (Å²) in [5.41, 5.74) is 9.40. The number of rotatable bonds is 12. The number of hydrogen-bond acceptors (Lipinski definition) is 3. The minimum absolute atomic E-state index is 0.146. The monoisotopic (exact) mass is 405 g/mol. The van der Waals surface area contributed by atoms with Crippen LogP contribution in [0, 0.1) is 0 Å². The average Bonchev–Trinajstić information content (AvgIpc) is 2.69. The molecule has 0 aliphatic rings. The van der Waals surface area contributed by atoms with Crippen LogP contribution in [0.25, 0.3) is 0 Å². The van der Waals surface area contributed by atoms with Crippen molar-refractivity contribution in [2.45, 2.75) is 57.4 Å². The van der Waals surface area contributed by atoms with Crippen LogP contribution in [0.15, 0.2) is 54.6 Å². The summed E-state index contributed by atoms with van der Waals surface area (Å²) in [5.74, 6) is 0. The number of hydrogen-bond donors (Lipinski definition) is 3. The minimum atomic E-state index is -4.49. The van der Waals surface area contributed by atoms with Crippen molar-refractivity contribution >= 4 is 7.82 Å². The van der Waals surface area contributed by atoms with E-state index in [1.54, 1.807) is 0 Å². The molecule has 0 heterocycles. The predicted octanol–water partition coefficient (Wildman–Crippen LogP) is 4.40. The molecule has 0 fully saturated rings. The third-order valence-corrected chi connectivity index (χ3v) is 5.65. The summed E-state index contributed by atoms with van der Waals surface area (Å²) in [6.45, 7) is 1.76. The van der Waals surface area contributed by atoms with Gasteiger partial charge in [-0.2, -0.15) is 0 Å². The molecule has 0 spiro atoms. The van der Waals surface area contributed by atoms with Crippen molar-refractivity contribution in [2.75, 3.05) is 6.61 Å². The van der Waals surface area contributed by atoms with Gasteiger partial charge in [0.05, 0.1) is 6.61 Å². The maximum Gasteiger partial charge on any atom is 0.469 e. The molecule has 0 aliphatic carbocycles. The molecule has 6 heteroatoms. The molecule has 1 atom stereocenters. The Balaban J connectivity index is 1.74. The zero-order chi connectivity index (χ0) is 20.5. The molecule has 0 saturated carbocycles. The molecule has 4 N–H and O–H groups in total. The van der Waals surface area contributed by atoms with E-state index in [1.165, 1.54) is 23.1 Å². The van der Waals surface area contributed by atoms with Crippen molar-refractivity contribution < 1.29 is 18.9 Å². The Morgan fingerprint density at radius 3 is 1.89 bits per heavy atom. The van der Waals surface area contributed by atoms with Gasteiger partial charge in [-0.25, -0.2) is 4.57 Å². The van der Waals surface area contributed by atoms with E-state index in [1.807, 2.05) is 13.0 Å². The average molecular weight is 405 g/mol. The molecule has 5 nitrogen and oxygen atoms in total. The fourth-order valence-corrected chi connectivity index (χ4v) is 3.56. The quantitative estimate of drug-likeness (QED) is 0.359. The molecule has 2 rings (SSSR count). The van der Waals surface area contributed by atoms with Crippen LogP contribution < -0.4 is 5.73 Å². The first-order valence-corrected chi connectivity index (χ1v) is 11.4. The van der Waals surface area contributed by atoms with Crippen LogP contribution in [0.3, 0.4) is 0 Å². The van der Waals surface area contributed by atoms with Crippen LogP contribution in [-0.2, 0) is 28.4 Å². The second kappa shape index (κ2) is 10.9. The van der Waals surface area contributed by atoms with Crippen LogP contribution in [0.5, 0.6) is 0 Å². The third-order valence-electron chi connectivity index (χ3n) is 5.18. The summed E-state index contributed by atoms with van der Waals surface area (Å²) in [4.78, 5) is 17.8. The molecular weight excluding hydrogens is 373 g/mol. The molecule has 0 aliphatic heterocycles. The third kappa shape index (κ3) is 8.68. The van der Waals surface area contributed by atoms with E-state index >= 15 is 0 Å². The first-order valence-electron chi connectivity index (χ1n) is 9.90. The lowest BCUT2D eigenvalue weighted by atomic mass is 9.90. The molecule has 28 heavy (non-hydrogen) atoms. The Morgan fingerprint density at radius 1 is 0.893 bits per heavy atom. The fraction of sp³-hybridized carbons (Fsp3) is 0.455. The zero-order valence-corrected chi connectivity index (χ0v) is 17.5. The molecule has 0 bridgehead atoms. The highest BCUT2D eigenvalue weighted by molar-refractivity contribution is 7.46. The summed E-state index contributed by atoms with van der Waals surface area (Å²) in [6.07, 6.45) is 6.48. The van der Waals surface area contributed by atoms with E-state index in [0.29, 0.717) is 12.8 Å². The van der Waals surface area contributed by atoms with Crippen LogP contribution in [0.1, 0.15) is 49.3 Å². The normalized spacial score (nSPS) is 14.0. The van der Waals surface area contributed by atoms with Gasteiger partial charge in [-0.05, 0) is 61.6 Å². The van der Waals surface area contributed by atoms with Crippen molar-refractivity contribution in [3.05, 3.63) is 71.3 Å². The first kappa shape index (κ1) is 22.8. The van der Waals surface area contributed by atoms with E-state index in [9.17, 15) is 4.57 Å². The van der Waals surface area contributed by atoms with Gasteiger partial charge in [0, 0.05) is 5.54 Å². The van der Waals surface area contributed by atoms with E-state index in [2.05, 4.69) is 53.1 Å². The molecule has 0 saturated heterocycles. The van der Waals surface area contributed by atoms with Gasteiger partial charge in [0.2, 0.25) is 0 Å². The Bertz CT molecular complexity index is 745. The SMILES string of the molecule is CCC(N)(CCc1ccc(CCCCc2ccccc2)cc1)COP(=O)(O)O. The first-order chi connectivity index (χ1) is 13.3. The van der Waals surface area contributed by atoms with Crippen molar-refractivity contribution in [3.63, 3.8) is 0 Å². The minimum Gasteiger partial charge on any atom is -0.323 e. The van der Waals surface area contributed by atoms with Crippen molar-refractivity contribution in [1.82, 2.24) is 0 Å². The number of unbranched alkanes of at least 4 members (excludes halogenated alkanes) is 1. The summed E-state index contributed by atoms with van der Waals surface area (Å²) in [7, 11) is -4.49. The Hall–Kier alpha value is -1.49. The van der Waals surface area contributed by atoms with Gasteiger partial charge in [-0.3, -0.25) is 4.52 Å². The second-order valence-electron chi connectivity index (χ2n) is 7.49. The van der Waals surface area contributed by atoms with E-state index in [-0.39, 0.29) is 6.61 Å². The van der Waals surface area contributed by atoms with Crippen LogP contribution >= 0.6 is 7.82 Å². The molecule has 0 radical (unpaired) electrons. The second-order valence-corrected chi connectivity index (χ2v) is 8.73. The smallest absolute Gasteiger partial charge is 0.323 e. The summed E-state index contributed by atoms with van der Waals surface area (Å²) < 4.78 is 15.5. The number of aryl methyl sites for hydroxylation is 3. The van der Waals surface area contributed by atoms with Gasteiger partial charge in [0.25, 0.3) is 0 Å². The Labute approximate surface area is 168 Å². The van der Waals surface area contributed by atoms with Crippen LogP contribution in [0.4, 0.5) is 0 Å². The molecular formula is C22H32NO4P. The molecule has 2 aromatic rings. The number of nitrogens with two attached hydrogens (primary N) is 1. The van der Waals surface area contributed by atoms with Crippen molar-refractivity contribution in [2.24, 2.45) is 5.73 Å². The van der Waals surface area contributed by atoms with Gasteiger partial charge in [-0.1, -0.05) is 61.5 Å². The molecule has 2 aromatic carbocycles. The predicted molar refractivity (Wildman–Crippen MR) is 113 cm³/mol. The summed E-state index contributed by atoms with van der Waals surface area (Å²) in [5, 5.41) is 0. The maximum absolute atomic E-state index is 10.9. The zero-order valence-electron chi connectivity index (χ0n) is 16.6. The lowest BCUT2D eigenvalue weighted by molar-refractivity contribution is 0.144. The highest BCUT2D eigenvalue weighted by Gasteiger charge is 2.27. The van der Waals surface area contributed by atoms with Crippen LogP contribution in [0.2, 0.25) is 0 Å². The Kier molecular flexibility index (Phi) is 8.87. The lowest BCUT2D eigenvalue weighted by Gasteiger charge is -2.28. The standard InChI is InChI=1S/C22H32NO4P/c1-2-22(23,18-27-28(24,25)26)17-16-21-14-12-20(13-15-21)11-7-6-10-19-8-4-3-5-9-19/h3-5,8-9,12-15H,2,6-7,10-11,16-18,23H2,1H3,(H2,24,25,26). The summed E-state index contributed by atoms with van der Waals surface area (Å²) in [6, 6.07) is 19.1. The van der Waals surface area contributed by atoms with Gasteiger partial charge in [0.1, 0.15) is 0 Å². The molecule has 0 aromatic heterocycles. The highest BCUT2D eigenvalue weighted by atomic mass is 31.2. The van der Waals surface area contributed by atoms with Gasteiger partial charge < -0.3 is 15.5 Å². The van der Waals surface area contributed by atoms with E-state index in [0.717, 1.165) is 25.7 Å². The van der Waals surface area contributed by atoms with Crippen LogP contribution in [-0.4, -0.2) is 21.9 Å². The van der Waals surface area contributed by atoms with E-state index in [4.69, 9.17) is 15.5 Å². The van der Waals surface area contributed by atoms with Crippen molar-refractivity contribution in [1.29, 1.82) is 0 Å². The molecule has 0 amide bonds. The number of phosphoric acid groups is 1. The number of phosphoric ester groups is 1. The van der Waals surface area contributed by atoms with E-state index < -0.39 is 13.4 Å². The fourth-order valence-electron chi connectivity index (χ4n) is 3.13. The van der Waals surface area contributed by atoms with Gasteiger partial charge in [0.15, 0.2) is 0 Å². The lowest BCUT2D eigenvalue weighted by Crippen LogP contribution is -2.44. The van der Waals surface area contributed by atoms with Crippen molar-refractivity contribution in [3.8, 4) is 0 Å². The van der Waals surface area contributed by atoms with Gasteiger partial charge >= 0.3 is 7.82 Å². The topological polar surface area (TPSA) is 92.8 Å². The Morgan fingerprint density at radius 2 is 1.39 bits per heavy atom. The largest absolute Gasteiger partial charge is 0.469 e. The number of benzene rings is 2. The molecule has 154 valence electrons. The molecule has 1 unspecified atom stereocenters. The maximum atomic E-state index is 10.9. The summed E-state index contributed by atoms with van der Waals surface area (Å²) >= 11 is 0.